The van der Waals surface area contributed by atoms with Gasteiger partial charge < -0.3 is 14.6 Å². The molecule has 0 atom stereocenters. The van der Waals surface area contributed by atoms with Crippen molar-refractivity contribution in [2.24, 2.45) is 0 Å². The minimum absolute atomic E-state index is 0.103. The molecule has 112 valence electrons. The van der Waals surface area contributed by atoms with E-state index < -0.39 is 5.56 Å². The van der Waals surface area contributed by atoms with E-state index in [1.165, 1.54) is 0 Å². The number of H-pyrrole nitrogens is 1. The maximum atomic E-state index is 11.9. The standard InChI is InChI=1S/C17H17N3O2/c1-20(2)9-8-14-15(10-18)17(21)19-11-16(14)12-4-6-13(22-3)7-5-12/h4-9,11H,1-3H3,(H,19,21). The largest absolute Gasteiger partial charge is 0.497 e. The van der Waals surface area contributed by atoms with Gasteiger partial charge in [0.25, 0.3) is 5.56 Å². The quantitative estimate of drug-likeness (QED) is 0.940. The summed E-state index contributed by atoms with van der Waals surface area (Å²) in [6, 6.07) is 9.44. The normalized spacial score (nSPS) is 10.5. The molecule has 22 heavy (non-hydrogen) atoms. The van der Waals surface area contributed by atoms with Crippen LogP contribution in [0, 0.1) is 11.3 Å². The Bertz CT molecular complexity index is 781. The molecule has 0 saturated carbocycles. The van der Waals surface area contributed by atoms with Crippen molar-refractivity contribution in [3.05, 3.63) is 58.1 Å². The van der Waals surface area contributed by atoms with Crippen molar-refractivity contribution in [3.63, 3.8) is 0 Å². The summed E-state index contributed by atoms with van der Waals surface area (Å²) in [4.78, 5) is 16.3. The molecule has 0 aliphatic rings. The molecule has 2 rings (SSSR count). The molecule has 0 spiro atoms. The zero-order valence-corrected chi connectivity index (χ0v) is 12.8. The van der Waals surface area contributed by atoms with Crippen LogP contribution in [0.5, 0.6) is 5.75 Å². The average molecular weight is 295 g/mol. The minimum atomic E-state index is -0.391. The van der Waals surface area contributed by atoms with Crippen LogP contribution in [-0.4, -0.2) is 31.1 Å². The summed E-state index contributed by atoms with van der Waals surface area (Å²) >= 11 is 0. The summed E-state index contributed by atoms with van der Waals surface area (Å²) in [5.74, 6) is 0.749. The molecule has 1 N–H and O–H groups in total. The lowest BCUT2D eigenvalue weighted by Crippen LogP contribution is -2.12. The molecule has 0 fully saturated rings. The summed E-state index contributed by atoms with van der Waals surface area (Å²) < 4.78 is 5.15. The number of aromatic nitrogens is 1. The number of methoxy groups -OCH3 is 1. The van der Waals surface area contributed by atoms with Crippen LogP contribution in [-0.2, 0) is 0 Å². The van der Waals surface area contributed by atoms with E-state index in [9.17, 15) is 10.1 Å². The number of pyridine rings is 1. The van der Waals surface area contributed by atoms with Gasteiger partial charge in [0.15, 0.2) is 0 Å². The van der Waals surface area contributed by atoms with Crippen LogP contribution >= 0.6 is 0 Å². The molecule has 0 saturated heterocycles. The number of aromatic amines is 1. The molecular formula is C17H17N3O2. The summed E-state index contributed by atoms with van der Waals surface area (Å²) in [5.41, 5.74) is 2.00. The lowest BCUT2D eigenvalue weighted by molar-refractivity contribution is 0.415. The van der Waals surface area contributed by atoms with Crippen LogP contribution in [0.4, 0.5) is 0 Å². The van der Waals surface area contributed by atoms with E-state index in [-0.39, 0.29) is 5.56 Å². The lowest BCUT2D eigenvalue weighted by atomic mass is 9.98. The predicted octanol–water partition coefficient (Wildman–Crippen LogP) is 2.45. The fourth-order valence-corrected chi connectivity index (χ4v) is 2.06. The summed E-state index contributed by atoms with van der Waals surface area (Å²) in [6.45, 7) is 0. The van der Waals surface area contributed by atoms with E-state index in [0.29, 0.717) is 5.56 Å². The van der Waals surface area contributed by atoms with Crippen LogP contribution in [0.25, 0.3) is 17.2 Å². The molecule has 0 radical (unpaired) electrons. The van der Waals surface area contributed by atoms with Crippen molar-refractivity contribution in [1.29, 1.82) is 5.26 Å². The zero-order chi connectivity index (χ0) is 16.1. The Morgan fingerprint density at radius 1 is 1.27 bits per heavy atom. The van der Waals surface area contributed by atoms with Gasteiger partial charge in [0.1, 0.15) is 17.4 Å². The average Bonchev–Trinajstić information content (AvgIpc) is 2.53. The molecule has 1 aromatic carbocycles. The Balaban J connectivity index is 2.64. The van der Waals surface area contributed by atoms with Gasteiger partial charge in [-0.2, -0.15) is 5.26 Å². The van der Waals surface area contributed by atoms with Gasteiger partial charge in [0.05, 0.1) is 7.11 Å². The number of hydrogen-bond acceptors (Lipinski definition) is 4. The second-order valence-electron chi connectivity index (χ2n) is 4.94. The highest BCUT2D eigenvalue weighted by Gasteiger charge is 2.12. The summed E-state index contributed by atoms with van der Waals surface area (Å²) in [7, 11) is 5.36. The Morgan fingerprint density at radius 3 is 2.50 bits per heavy atom. The zero-order valence-electron chi connectivity index (χ0n) is 12.8. The Morgan fingerprint density at radius 2 is 1.95 bits per heavy atom. The third kappa shape index (κ3) is 3.18. The van der Waals surface area contributed by atoms with Crippen molar-refractivity contribution in [2.45, 2.75) is 0 Å². The van der Waals surface area contributed by atoms with Crippen molar-refractivity contribution in [1.82, 2.24) is 9.88 Å². The van der Waals surface area contributed by atoms with Gasteiger partial charge >= 0.3 is 0 Å². The van der Waals surface area contributed by atoms with Gasteiger partial charge in [-0.1, -0.05) is 12.1 Å². The minimum Gasteiger partial charge on any atom is -0.497 e. The topological polar surface area (TPSA) is 69.1 Å². The van der Waals surface area contributed by atoms with Crippen LogP contribution in [0.15, 0.2) is 41.5 Å². The van der Waals surface area contributed by atoms with E-state index >= 15 is 0 Å². The second-order valence-corrected chi connectivity index (χ2v) is 4.94. The molecule has 1 heterocycles. The number of rotatable bonds is 4. The lowest BCUT2D eigenvalue weighted by Gasteiger charge is -2.10. The molecule has 5 heteroatoms. The molecule has 2 aromatic rings. The number of nitrogens with one attached hydrogen (secondary N) is 1. The van der Waals surface area contributed by atoms with Gasteiger partial charge in [-0.25, -0.2) is 0 Å². The van der Waals surface area contributed by atoms with E-state index in [4.69, 9.17) is 4.74 Å². The number of benzene rings is 1. The highest BCUT2D eigenvalue weighted by Crippen LogP contribution is 2.27. The van der Waals surface area contributed by atoms with Crippen molar-refractivity contribution in [3.8, 4) is 22.9 Å². The third-order valence-corrected chi connectivity index (χ3v) is 3.19. The fourth-order valence-electron chi connectivity index (χ4n) is 2.06. The van der Waals surface area contributed by atoms with E-state index in [0.717, 1.165) is 16.9 Å². The van der Waals surface area contributed by atoms with Gasteiger partial charge in [-0.05, 0) is 30.0 Å². The number of ether oxygens (including phenoxy) is 1. The van der Waals surface area contributed by atoms with Gasteiger partial charge in [0, 0.05) is 31.4 Å². The number of nitriles is 1. The van der Waals surface area contributed by atoms with E-state index in [2.05, 4.69) is 4.98 Å². The molecule has 0 bridgehead atoms. The predicted molar refractivity (Wildman–Crippen MR) is 86.5 cm³/mol. The smallest absolute Gasteiger partial charge is 0.266 e. The molecule has 0 aliphatic heterocycles. The van der Waals surface area contributed by atoms with Gasteiger partial charge in [-0.15, -0.1) is 0 Å². The molecule has 0 aliphatic carbocycles. The molecular weight excluding hydrogens is 278 g/mol. The van der Waals surface area contributed by atoms with E-state index in [1.807, 2.05) is 55.5 Å². The van der Waals surface area contributed by atoms with Gasteiger partial charge in [0.2, 0.25) is 0 Å². The Hall–Kier alpha value is -3.00. The Labute approximate surface area is 129 Å². The van der Waals surface area contributed by atoms with Crippen molar-refractivity contribution < 1.29 is 4.74 Å². The highest BCUT2D eigenvalue weighted by molar-refractivity contribution is 5.77. The second kappa shape index (κ2) is 6.64. The van der Waals surface area contributed by atoms with Crippen molar-refractivity contribution >= 4 is 6.08 Å². The summed E-state index contributed by atoms with van der Waals surface area (Å²) in [6.07, 6.45) is 5.20. The van der Waals surface area contributed by atoms with E-state index in [1.54, 1.807) is 19.4 Å². The summed E-state index contributed by atoms with van der Waals surface area (Å²) in [5, 5.41) is 9.28. The van der Waals surface area contributed by atoms with Crippen LogP contribution in [0.2, 0.25) is 0 Å². The third-order valence-electron chi connectivity index (χ3n) is 3.19. The monoisotopic (exact) mass is 295 g/mol. The Kier molecular flexibility index (Phi) is 4.64. The number of hydrogen-bond donors (Lipinski definition) is 1. The first kappa shape index (κ1) is 15.4. The van der Waals surface area contributed by atoms with Gasteiger partial charge in [-0.3, -0.25) is 4.79 Å². The van der Waals surface area contributed by atoms with Crippen LogP contribution in [0.1, 0.15) is 11.1 Å². The first-order chi connectivity index (χ1) is 10.6. The maximum Gasteiger partial charge on any atom is 0.266 e. The highest BCUT2D eigenvalue weighted by atomic mass is 16.5. The SMILES string of the molecule is COc1ccc(-c2c[nH]c(=O)c(C#N)c2C=CN(C)C)cc1. The molecule has 5 nitrogen and oxygen atoms in total. The maximum absolute atomic E-state index is 11.9. The first-order valence-electron chi connectivity index (χ1n) is 6.71. The van der Waals surface area contributed by atoms with Crippen LogP contribution < -0.4 is 10.3 Å². The fraction of sp³-hybridized carbons (Fsp3) is 0.176. The van der Waals surface area contributed by atoms with Crippen molar-refractivity contribution in [2.75, 3.05) is 21.2 Å². The molecule has 0 amide bonds. The first-order valence-corrected chi connectivity index (χ1v) is 6.71. The molecule has 1 aromatic heterocycles. The molecule has 0 unspecified atom stereocenters. The van der Waals surface area contributed by atoms with Crippen LogP contribution in [0.3, 0.4) is 0 Å². The number of nitrogens with zero attached hydrogens (tertiary/aromatic N) is 2.